The van der Waals surface area contributed by atoms with Crippen molar-refractivity contribution >= 4 is 11.8 Å². The van der Waals surface area contributed by atoms with Crippen molar-refractivity contribution in [1.29, 1.82) is 0 Å². The molecule has 4 nitrogen and oxygen atoms in total. The number of nitrogens with zero attached hydrogens (tertiary/aromatic N) is 2. The summed E-state index contributed by atoms with van der Waals surface area (Å²) in [6.07, 6.45) is 1.75. The quantitative estimate of drug-likeness (QED) is 0.754. The molecule has 1 aliphatic rings. The van der Waals surface area contributed by atoms with Gasteiger partial charge in [0.1, 0.15) is 13.1 Å². The molecule has 128 valence electrons. The van der Waals surface area contributed by atoms with Crippen LogP contribution in [0.3, 0.4) is 0 Å². The summed E-state index contributed by atoms with van der Waals surface area (Å²) in [5.41, 5.74) is 0. The second-order valence-corrected chi connectivity index (χ2v) is 6.20. The first-order chi connectivity index (χ1) is 10.2. The van der Waals surface area contributed by atoms with Gasteiger partial charge in [-0.05, 0) is 12.3 Å². The van der Waals surface area contributed by atoms with Crippen LogP contribution < -0.4 is 0 Å². The van der Waals surface area contributed by atoms with Crippen LogP contribution in [0.2, 0.25) is 0 Å². The Labute approximate surface area is 129 Å². The fourth-order valence-corrected chi connectivity index (χ4v) is 2.71. The number of hydrogen-bond donors (Lipinski definition) is 0. The third-order valence-electron chi connectivity index (χ3n) is 4.04. The van der Waals surface area contributed by atoms with Crippen molar-refractivity contribution in [3.63, 3.8) is 0 Å². The maximum absolute atomic E-state index is 12.6. The highest BCUT2D eigenvalue weighted by atomic mass is 19.4. The van der Waals surface area contributed by atoms with Gasteiger partial charge in [-0.3, -0.25) is 9.59 Å². The molecule has 0 saturated heterocycles. The fraction of sp³-hybridized carbons (Fsp3) is 0.867. The molecule has 22 heavy (non-hydrogen) atoms. The predicted octanol–water partition coefficient (Wildman–Crippen LogP) is 2.83. The predicted molar refractivity (Wildman–Crippen MR) is 77.1 cm³/mol. The third-order valence-corrected chi connectivity index (χ3v) is 4.04. The van der Waals surface area contributed by atoms with Crippen LogP contribution in [-0.2, 0) is 9.59 Å². The monoisotopic (exact) mass is 322 g/mol. The zero-order valence-corrected chi connectivity index (χ0v) is 13.3. The van der Waals surface area contributed by atoms with E-state index in [0.717, 1.165) is 25.7 Å². The van der Waals surface area contributed by atoms with Crippen molar-refractivity contribution in [1.82, 2.24) is 9.80 Å². The van der Waals surface area contributed by atoms with Crippen molar-refractivity contribution in [2.24, 2.45) is 5.92 Å². The average molecular weight is 322 g/mol. The van der Waals surface area contributed by atoms with Crippen molar-refractivity contribution in [2.75, 3.05) is 27.2 Å². The number of carbonyl (C=O) groups is 2. The van der Waals surface area contributed by atoms with E-state index >= 15 is 0 Å². The number of alkyl halides is 3. The van der Waals surface area contributed by atoms with Gasteiger partial charge >= 0.3 is 6.18 Å². The lowest BCUT2D eigenvalue weighted by atomic mass is 9.86. The van der Waals surface area contributed by atoms with E-state index in [0.29, 0.717) is 17.2 Å². The number of carbonyl (C=O) groups excluding carboxylic acids is 2. The lowest BCUT2D eigenvalue weighted by Gasteiger charge is -2.26. The Hall–Kier alpha value is -1.27. The highest BCUT2D eigenvalue weighted by Gasteiger charge is 2.34. The van der Waals surface area contributed by atoms with Gasteiger partial charge in [0.25, 0.3) is 0 Å². The molecule has 2 amide bonds. The summed E-state index contributed by atoms with van der Waals surface area (Å²) in [5.74, 6) is -0.664. The Balaban J connectivity index is 2.55. The van der Waals surface area contributed by atoms with Crippen LogP contribution in [0.15, 0.2) is 0 Å². The molecule has 0 radical (unpaired) electrons. The zero-order chi connectivity index (χ0) is 16.8. The molecule has 0 aromatic rings. The number of hydrogen-bond acceptors (Lipinski definition) is 2. The third kappa shape index (κ3) is 7.13. The zero-order valence-electron chi connectivity index (χ0n) is 13.3. The van der Waals surface area contributed by atoms with Gasteiger partial charge in [-0.1, -0.05) is 32.1 Å². The summed E-state index contributed by atoms with van der Waals surface area (Å²) >= 11 is 0. The molecule has 1 saturated carbocycles. The van der Waals surface area contributed by atoms with Crippen LogP contribution in [0.25, 0.3) is 0 Å². The molecule has 7 heteroatoms. The first-order valence-electron chi connectivity index (χ1n) is 7.73. The molecular weight excluding hydrogens is 297 g/mol. The molecule has 0 unspecified atom stereocenters. The fourth-order valence-electron chi connectivity index (χ4n) is 2.71. The average Bonchev–Trinajstić information content (AvgIpc) is 2.43. The van der Waals surface area contributed by atoms with Crippen LogP contribution in [0.4, 0.5) is 13.2 Å². The Morgan fingerprint density at radius 3 is 2.14 bits per heavy atom. The van der Waals surface area contributed by atoms with Gasteiger partial charge in [-0.15, -0.1) is 0 Å². The van der Waals surface area contributed by atoms with Crippen LogP contribution in [-0.4, -0.2) is 55.0 Å². The van der Waals surface area contributed by atoms with Crippen molar-refractivity contribution in [3.8, 4) is 0 Å². The van der Waals surface area contributed by atoms with Gasteiger partial charge in [0, 0.05) is 20.5 Å². The van der Waals surface area contributed by atoms with Crippen molar-refractivity contribution in [3.05, 3.63) is 0 Å². The highest BCUT2D eigenvalue weighted by Crippen LogP contribution is 2.27. The molecule has 0 aromatic heterocycles. The number of likely N-dealkylation sites (N-methyl/N-ethyl adjacent to an activating group) is 1. The molecular formula is C15H25F3N2O2. The van der Waals surface area contributed by atoms with Gasteiger partial charge in [-0.2, -0.15) is 13.2 Å². The number of amides is 2. The maximum Gasteiger partial charge on any atom is 0.406 e. The molecule has 0 heterocycles. The Morgan fingerprint density at radius 2 is 1.64 bits per heavy atom. The Kier molecular flexibility index (Phi) is 7.16. The largest absolute Gasteiger partial charge is 0.406 e. The Morgan fingerprint density at radius 1 is 1.05 bits per heavy atom. The van der Waals surface area contributed by atoms with Crippen LogP contribution in [0.5, 0.6) is 0 Å². The Bertz CT molecular complexity index is 377. The van der Waals surface area contributed by atoms with E-state index in [1.807, 2.05) is 0 Å². The number of rotatable bonds is 6. The second-order valence-electron chi connectivity index (χ2n) is 6.20. The van der Waals surface area contributed by atoms with E-state index < -0.39 is 31.1 Å². The maximum atomic E-state index is 12.6. The summed E-state index contributed by atoms with van der Waals surface area (Å²) in [6, 6.07) is 0. The van der Waals surface area contributed by atoms with Crippen molar-refractivity contribution < 1.29 is 22.8 Å². The minimum Gasteiger partial charge on any atom is -0.347 e. The molecule has 0 aromatic carbocycles. The minimum atomic E-state index is -4.49. The SMILES string of the molecule is CN(C)C(=O)CN(CC(F)(F)F)C(=O)CCC1CCCCC1. The summed E-state index contributed by atoms with van der Waals surface area (Å²) in [6.45, 7) is -1.88. The smallest absolute Gasteiger partial charge is 0.347 e. The van der Waals surface area contributed by atoms with E-state index in [2.05, 4.69) is 0 Å². The van der Waals surface area contributed by atoms with Gasteiger partial charge in [0.05, 0.1) is 0 Å². The lowest BCUT2D eigenvalue weighted by molar-refractivity contribution is -0.164. The van der Waals surface area contributed by atoms with Crippen molar-refractivity contribution in [2.45, 2.75) is 51.1 Å². The summed E-state index contributed by atoms with van der Waals surface area (Å²) in [4.78, 5) is 25.5. The number of halogens is 3. The van der Waals surface area contributed by atoms with Gasteiger partial charge in [0.15, 0.2) is 0 Å². The molecule has 1 fully saturated rings. The molecule has 1 aliphatic carbocycles. The topological polar surface area (TPSA) is 40.6 Å². The molecule has 1 rings (SSSR count). The van der Waals surface area contributed by atoms with E-state index in [1.165, 1.54) is 25.4 Å². The first-order valence-corrected chi connectivity index (χ1v) is 7.73. The van der Waals surface area contributed by atoms with Crippen LogP contribution in [0.1, 0.15) is 44.9 Å². The minimum absolute atomic E-state index is 0.0848. The summed E-state index contributed by atoms with van der Waals surface area (Å²) in [7, 11) is 2.92. The molecule has 0 atom stereocenters. The van der Waals surface area contributed by atoms with Gasteiger partial charge < -0.3 is 9.80 Å². The lowest BCUT2D eigenvalue weighted by Crippen LogP contribution is -2.44. The molecule has 0 spiro atoms. The van der Waals surface area contributed by atoms with E-state index in [9.17, 15) is 22.8 Å². The standard InChI is InChI=1S/C15H25F3N2O2/c1-19(2)14(22)10-20(11-15(16,17)18)13(21)9-8-12-6-4-3-5-7-12/h12H,3-11H2,1-2H3. The highest BCUT2D eigenvalue weighted by molar-refractivity contribution is 5.84. The normalized spacial score (nSPS) is 16.4. The first kappa shape index (κ1) is 18.8. The van der Waals surface area contributed by atoms with Gasteiger partial charge in [-0.25, -0.2) is 0 Å². The van der Waals surface area contributed by atoms with E-state index in [-0.39, 0.29) is 6.42 Å². The second kappa shape index (κ2) is 8.39. The molecule has 0 N–H and O–H groups in total. The van der Waals surface area contributed by atoms with E-state index in [1.54, 1.807) is 0 Å². The molecule has 0 aliphatic heterocycles. The van der Waals surface area contributed by atoms with Crippen LogP contribution >= 0.6 is 0 Å². The molecule has 0 bridgehead atoms. The summed E-state index contributed by atoms with van der Waals surface area (Å²) in [5, 5.41) is 0. The van der Waals surface area contributed by atoms with Crippen LogP contribution in [0, 0.1) is 5.92 Å². The van der Waals surface area contributed by atoms with E-state index in [4.69, 9.17) is 0 Å². The summed E-state index contributed by atoms with van der Waals surface area (Å²) < 4.78 is 37.8. The van der Waals surface area contributed by atoms with Gasteiger partial charge in [0.2, 0.25) is 11.8 Å².